The average Bonchev–Trinajstić information content (AvgIpc) is 2.77. The number of hydrogen-bond acceptors (Lipinski definition) is 2. The van der Waals surface area contributed by atoms with Crippen molar-refractivity contribution in [3.05, 3.63) is 29.8 Å². The summed E-state index contributed by atoms with van der Waals surface area (Å²) in [6.07, 6.45) is 0. The molecule has 1 heterocycles. The van der Waals surface area contributed by atoms with E-state index in [0.717, 1.165) is 18.8 Å². The van der Waals surface area contributed by atoms with Crippen LogP contribution >= 0.6 is 0 Å². The maximum Gasteiger partial charge on any atom is 0.118 e. The molecule has 1 fully saturated rings. The molecule has 1 aromatic rings. The van der Waals surface area contributed by atoms with Crippen LogP contribution in [0.3, 0.4) is 0 Å². The predicted octanol–water partition coefficient (Wildman–Crippen LogP) is 1.97. The molecule has 15 heavy (non-hydrogen) atoms. The van der Waals surface area contributed by atoms with Gasteiger partial charge in [-0.25, -0.2) is 0 Å². The zero-order valence-corrected chi connectivity index (χ0v) is 8.87. The normalized spacial score (nSPS) is 25.5. The van der Waals surface area contributed by atoms with Gasteiger partial charge in [-0.15, -0.1) is 0 Å². The van der Waals surface area contributed by atoms with E-state index in [-0.39, 0.29) is 12.6 Å². The molecule has 1 saturated heterocycles. The Morgan fingerprint density at radius 3 is 2.67 bits per heavy atom. The number of hydrogen-bond donors (Lipinski definition) is 1. The number of rotatable bonds is 3. The summed E-state index contributed by atoms with van der Waals surface area (Å²) in [4.78, 5) is 0. The minimum Gasteiger partial charge on any atom is -0.497 e. The largest absolute Gasteiger partial charge is 0.497 e. The zero-order valence-electron chi connectivity index (χ0n) is 8.87. The fraction of sp³-hybridized carbons (Fsp3) is 0.500. The molecule has 2 nitrogen and oxygen atoms in total. The lowest BCUT2D eigenvalue weighted by molar-refractivity contribution is 0.358. The number of nitrogens with one attached hydrogen (secondary N) is 1. The van der Waals surface area contributed by atoms with Gasteiger partial charge < -0.3 is 10.1 Å². The van der Waals surface area contributed by atoms with Gasteiger partial charge in [0.25, 0.3) is 0 Å². The molecule has 0 spiro atoms. The second-order valence-electron chi connectivity index (χ2n) is 3.95. The van der Waals surface area contributed by atoms with Crippen LogP contribution in [0.5, 0.6) is 5.75 Å². The van der Waals surface area contributed by atoms with Crippen molar-refractivity contribution in [3.8, 4) is 5.75 Å². The molecule has 1 aliphatic heterocycles. The molecule has 0 unspecified atom stereocenters. The molecule has 1 aromatic carbocycles. The van der Waals surface area contributed by atoms with Crippen LogP contribution in [-0.2, 0) is 0 Å². The second-order valence-corrected chi connectivity index (χ2v) is 3.95. The molecule has 3 heteroatoms. The third-order valence-electron chi connectivity index (χ3n) is 3.08. The fourth-order valence-electron chi connectivity index (χ4n) is 2.14. The SMILES string of the molecule is COc1ccc([C@H]2CNC[C@@H]2CF)cc1. The van der Waals surface area contributed by atoms with Crippen LogP contribution in [0, 0.1) is 5.92 Å². The van der Waals surface area contributed by atoms with E-state index in [4.69, 9.17) is 4.74 Å². The minimum atomic E-state index is -0.246. The Kier molecular flexibility index (Phi) is 3.21. The number of benzene rings is 1. The van der Waals surface area contributed by atoms with Gasteiger partial charge in [-0.1, -0.05) is 12.1 Å². The first-order valence-electron chi connectivity index (χ1n) is 5.25. The summed E-state index contributed by atoms with van der Waals surface area (Å²) in [5.41, 5.74) is 1.20. The van der Waals surface area contributed by atoms with Gasteiger partial charge in [0.15, 0.2) is 0 Å². The second kappa shape index (κ2) is 4.62. The number of ether oxygens (including phenoxy) is 1. The first-order chi connectivity index (χ1) is 7.35. The molecule has 1 aliphatic rings. The Labute approximate surface area is 89.4 Å². The number of methoxy groups -OCH3 is 1. The van der Waals surface area contributed by atoms with Crippen molar-refractivity contribution in [3.63, 3.8) is 0 Å². The predicted molar refractivity (Wildman–Crippen MR) is 58.1 cm³/mol. The Bertz CT molecular complexity index is 312. The summed E-state index contributed by atoms with van der Waals surface area (Å²) in [6.45, 7) is 1.41. The van der Waals surface area contributed by atoms with E-state index >= 15 is 0 Å². The number of alkyl halides is 1. The average molecular weight is 209 g/mol. The number of halogens is 1. The quantitative estimate of drug-likeness (QED) is 0.821. The van der Waals surface area contributed by atoms with Crippen LogP contribution in [0.25, 0.3) is 0 Å². The molecule has 0 radical (unpaired) electrons. The summed E-state index contributed by atoms with van der Waals surface area (Å²) < 4.78 is 17.8. The highest BCUT2D eigenvalue weighted by molar-refractivity contribution is 5.30. The van der Waals surface area contributed by atoms with Gasteiger partial charge in [-0.05, 0) is 17.7 Å². The lowest BCUT2D eigenvalue weighted by Crippen LogP contribution is -2.12. The molecule has 0 aliphatic carbocycles. The van der Waals surface area contributed by atoms with E-state index in [2.05, 4.69) is 5.32 Å². The van der Waals surface area contributed by atoms with Crippen molar-refractivity contribution in [2.24, 2.45) is 5.92 Å². The summed E-state index contributed by atoms with van der Waals surface area (Å²) in [7, 11) is 1.65. The third-order valence-corrected chi connectivity index (χ3v) is 3.08. The van der Waals surface area contributed by atoms with Crippen LogP contribution in [0.15, 0.2) is 24.3 Å². The highest BCUT2D eigenvalue weighted by Gasteiger charge is 2.28. The molecule has 0 bridgehead atoms. The summed E-state index contributed by atoms with van der Waals surface area (Å²) in [5, 5.41) is 3.23. The van der Waals surface area contributed by atoms with Gasteiger partial charge in [0.1, 0.15) is 5.75 Å². The molecule has 1 N–H and O–H groups in total. The minimum absolute atomic E-state index is 0.124. The Balaban J connectivity index is 2.14. The highest BCUT2D eigenvalue weighted by Crippen LogP contribution is 2.29. The van der Waals surface area contributed by atoms with Gasteiger partial charge >= 0.3 is 0 Å². The van der Waals surface area contributed by atoms with Crippen molar-refractivity contribution < 1.29 is 9.13 Å². The molecule has 0 saturated carbocycles. The Morgan fingerprint density at radius 1 is 1.33 bits per heavy atom. The van der Waals surface area contributed by atoms with Crippen LogP contribution in [0.4, 0.5) is 4.39 Å². The van der Waals surface area contributed by atoms with Gasteiger partial charge in [-0.2, -0.15) is 0 Å². The smallest absolute Gasteiger partial charge is 0.118 e. The Hall–Kier alpha value is -1.09. The Morgan fingerprint density at radius 2 is 2.07 bits per heavy atom. The molecular weight excluding hydrogens is 193 g/mol. The molecule has 0 amide bonds. The van der Waals surface area contributed by atoms with Crippen LogP contribution in [0.2, 0.25) is 0 Å². The third kappa shape index (κ3) is 2.12. The van der Waals surface area contributed by atoms with Crippen molar-refractivity contribution in [2.45, 2.75) is 5.92 Å². The van der Waals surface area contributed by atoms with E-state index in [1.807, 2.05) is 24.3 Å². The van der Waals surface area contributed by atoms with Gasteiger partial charge in [0.05, 0.1) is 13.8 Å². The van der Waals surface area contributed by atoms with Gasteiger partial charge in [0.2, 0.25) is 0 Å². The highest BCUT2D eigenvalue weighted by atomic mass is 19.1. The maximum atomic E-state index is 12.7. The molecule has 0 aromatic heterocycles. The standard InChI is InChI=1S/C12H16FNO/c1-15-11-4-2-9(3-5-11)12-8-14-7-10(12)6-13/h2-5,10,12,14H,6-8H2,1H3/t10-,12+/m0/s1. The van der Waals surface area contributed by atoms with E-state index in [1.54, 1.807) is 7.11 Å². The monoisotopic (exact) mass is 209 g/mol. The lowest BCUT2D eigenvalue weighted by atomic mass is 9.90. The van der Waals surface area contributed by atoms with Crippen molar-refractivity contribution >= 4 is 0 Å². The maximum absolute atomic E-state index is 12.7. The van der Waals surface area contributed by atoms with Crippen LogP contribution in [-0.4, -0.2) is 26.9 Å². The molecule has 82 valence electrons. The first-order valence-corrected chi connectivity index (χ1v) is 5.25. The first kappa shape index (κ1) is 10.4. The van der Waals surface area contributed by atoms with Crippen molar-refractivity contribution in [2.75, 3.05) is 26.9 Å². The summed E-state index contributed by atoms with van der Waals surface area (Å²) >= 11 is 0. The van der Waals surface area contributed by atoms with E-state index in [0.29, 0.717) is 5.92 Å². The molecule has 2 rings (SSSR count). The molecule has 2 atom stereocenters. The van der Waals surface area contributed by atoms with E-state index in [1.165, 1.54) is 5.56 Å². The van der Waals surface area contributed by atoms with Gasteiger partial charge in [-0.3, -0.25) is 4.39 Å². The fourth-order valence-corrected chi connectivity index (χ4v) is 2.14. The summed E-state index contributed by atoms with van der Waals surface area (Å²) in [6, 6.07) is 7.92. The van der Waals surface area contributed by atoms with Crippen LogP contribution < -0.4 is 10.1 Å². The van der Waals surface area contributed by atoms with Gasteiger partial charge in [0, 0.05) is 24.9 Å². The van der Waals surface area contributed by atoms with Crippen LogP contribution in [0.1, 0.15) is 11.5 Å². The van der Waals surface area contributed by atoms with E-state index < -0.39 is 0 Å². The molecular formula is C12H16FNO. The van der Waals surface area contributed by atoms with Crippen molar-refractivity contribution in [1.82, 2.24) is 5.32 Å². The topological polar surface area (TPSA) is 21.3 Å². The summed E-state index contributed by atoms with van der Waals surface area (Å²) in [5.74, 6) is 1.28. The lowest BCUT2D eigenvalue weighted by Gasteiger charge is -2.15. The van der Waals surface area contributed by atoms with E-state index in [9.17, 15) is 4.39 Å². The van der Waals surface area contributed by atoms with Crippen molar-refractivity contribution in [1.29, 1.82) is 0 Å². The zero-order chi connectivity index (χ0) is 10.7.